The molecule has 3 heteroatoms. The second-order valence-corrected chi connectivity index (χ2v) is 7.07. The zero-order valence-corrected chi connectivity index (χ0v) is 14.9. The Morgan fingerprint density at radius 2 is 1.64 bits per heavy atom. The van der Waals surface area contributed by atoms with Crippen LogP contribution in [0.2, 0.25) is 0 Å². The normalized spacial score (nSPS) is 11.4. The number of hydrogen-bond acceptors (Lipinski definition) is 3. The molecule has 22 heavy (non-hydrogen) atoms. The average Bonchev–Trinajstić information content (AvgIpc) is 2.45. The second-order valence-electron chi connectivity index (χ2n) is 7.07. The third-order valence-corrected chi connectivity index (χ3v) is 3.85. The quantitative estimate of drug-likeness (QED) is 0.489. The van der Waals surface area contributed by atoms with E-state index in [1.807, 2.05) is 13.0 Å². The van der Waals surface area contributed by atoms with Gasteiger partial charge in [0.1, 0.15) is 11.5 Å². The van der Waals surface area contributed by atoms with Crippen molar-refractivity contribution in [2.45, 2.75) is 59.8 Å². The summed E-state index contributed by atoms with van der Waals surface area (Å²) < 4.78 is 10.7. The number of rotatable bonds is 8. The summed E-state index contributed by atoms with van der Waals surface area (Å²) in [6.07, 6.45) is 4.95. The zero-order chi connectivity index (χ0) is 16.8. The van der Waals surface area contributed by atoms with Gasteiger partial charge in [-0.05, 0) is 42.9 Å². The van der Waals surface area contributed by atoms with Gasteiger partial charge in [-0.15, -0.1) is 0 Å². The summed E-state index contributed by atoms with van der Waals surface area (Å²) >= 11 is 0. The molecule has 0 fully saturated rings. The summed E-state index contributed by atoms with van der Waals surface area (Å²) in [5.74, 6) is 1.50. The summed E-state index contributed by atoms with van der Waals surface area (Å²) in [4.78, 5) is 12.4. The highest BCUT2D eigenvalue weighted by atomic mass is 16.5. The molecule has 0 aliphatic rings. The number of ketones is 1. The van der Waals surface area contributed by atoms with Gasteiger partial charge in [-0.1, -0.05) is 33.6 Å². The van der Waals surface area contributed by atoms with Crippen molar-refractivity contribution in [1.82, 2.24) is 0 Å². The van der Waals surface area contributed by atoms with Gasteiger partial charge < -0.3 is 9.47 Å². The van der Waals surface area contributed by atoms with Crippen molar-refractivity contribution in [3.05, 3.63) is 23.3 Å². The molecular formula is C19H30O3. The van der Waals surface area contributed by atoms with Crippen LogP contribution in [0.4, 0.5) is 0 Å². The van der Waals surface area contributed by atoms with Crippen LogP contribution >= 0.6 is 0 Å². The Morgan fingerprint density at radius 3 is 2.18 bits per heavy atom. The molecule has 124 valence electrons. The minimum absolute atomic E-state index is 0.130. The van der Waals surface area contributed by atoms with Gasteiger partial charge in [0, 0.05) is 6.42 Å². The van der Waals surface area contributed by atoms with Gasteiger partial charge in [0.2, 0.25) is 0 Å². The Morgan fingerprint density at radius 1 is 1.00 bits per heavy atom. The molecule has 0 spiro atoms. The van der Waals surface area contributed by atoms with Gasteiger partial charge >= 0.3 is 0 Å². The highest BCUT2D eigenvalue weighted by Gasteiger charge is 2.15. The average molecular weight is 306 g/mol. The SMILES string of the molecule is COc1cc(C(=O)CCCCCC(C)(C)C)c(OC)cc1C. The van der Waals surface area contributed by atoms with Crippen molar-refractivity contribution >= 4 is 5.78 Å². The smallest absolute Gasteiger partial charge is 0.166 e. The third kappa shape index (κ3) is 5.70. The van der Waals surface area contributed by atoms with Crippen molar-refractivity contribution in [2.75, 3.05) is 14.2 Å². The van der Waals surface area contributed by atoms with Crippen molar-refractivity contribution < 1.29 is 14.3 Å². The topological polar surface area (TPSA) is 35.5 Å². The van der Waals surface area contributed by atoms with Crippen LogP contribution in [-0.4, -0.2) is 20.0 Å². The molecule has 0 heterocycles. The number of Topliss-reactive ketones (excluding diaryl/α,β-unsaturated/α-hetero) is 1. The highest BCUT2D eigenvalue weighted by molar-refractivity contribution is 5.99. The molecule has 0 amide bonds. The van der Waals surface area contributed by atoms with E-state index in [9.17, 15) is 4.79 Å². The van der Waals surface area contributed by atoms with Gasteiger partial charge in [-0.25, -0.2) is 0 Å². The third-order valence-electron chi connectivity index (χ3n) is 3.85. The molecule has 0 aliphatic heterocycles. The number of unbranched alkanes of at least 4 members (excludes halogenated alkanes) is 2. The molecule has 0 N–H and O–H groups in total. The number of methoxy groups -OCH3 is 2. The lowest BCUT2D eigenvalue weighted by atomic mass is 9.89. The Balaban J connectivity index is 2.61. The Kier molecular flexibility index (Phi) is 6.92. The lowest BCUT2D eigenvalue weighted by Gasteiger charge is -2.17. The van der Waals surface area contributed by atoms with Crippen molar-refractivity contribution in [3.8, 4) is 11.5 Å². The molecule has 0 aromatic heterocycles. The number of aryl methyl sites for hydroxylation is 1. The van der Waals surface area contributed by atoms with Gasteiger partial charge in [0.25, 0.3) is 0 Å². The lowest BCUT2D eigenvalue weighted by Crippen LogP contribution is -2.05. The van der Waals surface area contributed by atoms with Crippen molar-refractivity contribution in [1.29, 1.82) is 0 Å². The molecule has 0 aliphatic carbocycles. The van der Waals surface area contributed by atoms with E-state index in [1.54, 1.807) is 20.3 Å². The van der Waals surface area contributed by atoms with E-state index in [-0.39, 0.29) is 5.78 Å². The van der Waals surface area contributed by atoms with Crippen LogP contribution in [0.3, 0.4) is 0 Å². The lowest BCUT2D eigenvalue weighted by molar-refractivity contribution is 0.0975. The minimum Gasteiger partial charge on any atom is -0.496 e. The Hall–Kier alpha value is -1.51. The van der Waals surface area contributed by atoms with Gasteiger partial charge in [-0.3, -0.25) is 4.79 Å². The van der Waals surface area contributed by atoms with Crippen LogP contribution < -0.4 is 9.47 Å². The monoisotopic (exact) mass is 306 g/mol. The number of carbonyl (C=O) groups is 1. The summed E-state index contributed by atoms with van der Waals surface area (Å²) in [6.45, 7) is 8.70. The molecule has 1 aromatic carbocycles. The van der Waals surface area contributed by atoms with Crippen molar-refractivity contribution in [3.63, 3.8) is 0 Å². The van der Waals surface area contributed by atoms with Crippen LogP contribution in [0, 0.1) is 12.3 Å². The number of benzene rings is 1. The molecule has 0 saturated heterocycles. The van der Waals surface area contributed by atoms with Crippen LogP contribution in [0.15, 0.2) is 12.1 Å². The van der Waals surface area contributed by atoms with Crippen LogP contribution in [0.1, 0.15) is 68.8 Å². The summed E-state index contributed by atoms with van der Waals surface area (Å²) in [5.41, 5.74) is 1.97. The molecule has 0 bridgehead atoms. The van der Waals surface area contributed by atoms with E-state index in [0.717, 1.165) is 24.2 Å². The minimum atomic E-state index is 0.130. The molecule has 0 saturated carbocycles. The predicted octanol–water partition coefficient (Wildman–Crippen LogP) is 5.19. The standard InChI is InChI=1S/C19H30O3/c1-14-12-18(22-6)15(13-17(14)21-5)16(20)10-8-7-9-11-19(2,3)4/h12-13H,7-11H2,1-6H3. The maximum absolute atomic E-state index is 12.4. The molecule has 0 radical (unpaired) electrons. The molecule has 3 nitrogen and oxygen atoms in total. The number of ether oxygens (including phenoxy) is 2. The first-order chi connectivity index (χ1) is 10.3. The van der Waals surface area contributed by atoms with Gasteiger partial charge in [0.05, 0.1) is 19.8 Å². The van der Waals surface area contributed by atoms with E-state index in [4.69, 9.17) is 9.47 Å². The number of hydrogen-bond donors (Lipinski definition) is 0. The van der Waals surface area contributed by atoms with E-state index in [1.165, 1.54) is 12.8 Å². The van der Waals surface area contributed by atoms with E-state index >= 15 is 0 Å². The predicted molar refractivity (Wildman–Crippen MR) is 91.2 cm³/mol. The fourth-order valence-corrected chi connectivity index (χ4v) is 2.52. The Bertz CT molecular complexity index is 498. The van der Waals surface area contributed by atoms with Crippen LogP contribution in [-0.2, 0) is 0 Å². The maximum atomic E-state index is 12.4. The van der Waals surface area contributed by atoms with Crippen molar-refractivity contribution in [2.24, 2.45) is 5.41 Å². The Labute approximate surface area is 135 Å². The largest absolute Gasteiger partial charge is 0.496 e. The summed E-state index contributed by atoms with van der Waals surface area (Å²) in [5, 5.41) is 0. The van der Waals surface area contributed by atoms with E-state index in [0.29, 0.717) is 23.1 Å². The highest BCUT2D eigenvalue weighted by Crippen LogP contribution is 2.30. The van der Waals surface area contributed by atoms with Crippen LogP contribution in [0.5, 0.6) is 11.5 Å². The fraction of sp³-hybridized carbons (Fsp3) is 0.632. The van der Waals surface area contributed by atoms with E-state index in [2.05, 4.69) is 20.8 Å². The van der Waals surface area contributed by atoms with E-state index < -0.39 is 0 Å². The molecular weight excluding hydrogens is 276 g/mol. The van der Waals surface area contributed by atoms with Gasteiger partial charge in [-0.2, -0.15) is 0 Å². The molecule has 0 atom stereocenters. The molecule has 1 aromatic rings. The zero-order valence-electron chi connectivity index (χ0n) is 14.9. The fourth-order valence-electron chi connectivity index (χ4n) is 2.52. The maximum Gasteiger partial charge on any atom is 0.166 e. The first-order valence-electron chi connectivity index (χ1n) is 8.04. The van der Waals surface area contributed by atoms with Crippen LogP contribution in [0.25, 0.3) is 0 Å². The molecule has 1 rings (SSSR count). The second kappa shape index (κ2) is 8.21. The first-order valence-corrected chi connectivity index (χ1v) is 8.04. The summed E-state index contributed by atoms with van der Waals surface area (Å²) in [7, 11) is 3.22. The van der Waals surface area contributed by atoms with Gasteiger partial charge in [0.15, 0.2) is 5.78 Å². The molecule has 0 unspecified atom stereocenters. The number of carbonyl (C=O) groups excluding carboxylic acids is 1. The summed E-state index contributed by atoms with van der Waals surface area (Å²) in [6, 6.07) is 3.66. The first kappa shape index (κ1) is 18.5.